The van der Waals surface area contributed by atoms with Crippen LogP contribution in [0.4, 0.5) is 0 Å². The Morgan fingerprint density at radius 3 is 2.52 bits per heavy atom. The molecule has 21 heavy (non-hydrogen) atoms. The molecule has 1 heterocycles. The average molecular weight is 306 g/mol. The van der Waals surface area contributed by atoms with E-state index < -0.39 is 9.84 Å². The lowest BCUT2D eigenvalue weighted by Gasteiger charge is -2.11. The van der Waals surface area contributed by atoms with E-state index in [4.69, 9.17) is 4.74 Å². The molecule has 0 aliphatic heterocycles. The highest BCUT2D eigenvalue weighted by Gasteiger charge is 2.08. The minimum Gasteiger partial charge on any atom is -0.455 e. The van der Waals surface area contributed by atoms with Crippen molar-refractivity contribution in [3.8, 4) is 11.5 Å². The first-order valence-electron chi connectivity index (χ1n) is 6.62. The van der Waals surface area contributed by atoms with Crippen LogP contribution in [0.3, 0.4) is 0 Å². The average Bonchev–Trinajstić information content (AvgIpc) is 2.46. The number of rotatable bonds is 6. The standard InChI is InChI=1S/C15H18N2O3S/c1-3-16-10-12-8-9-17-11-15(12)20-13-4-6-14(7-5-13)21(2,18)19/h4-9,11,16H,3,10H2,1-2H3. The van der Waals surface area contributed by atoms with Crippen LogP contribution in [-0.4, -0.2) is 26.2 Å². The van der Waals surface area contributed by atoms with Crippen molar-refractivity contribution < 1.29 is 13.2 Å². The zero-order valence-corrected chi connectivity index (χ0v) is 12.9. The van der Waals surface area contributed by atoms with Crippen molar-refractivity contribution in [1.29, 1.82) is 0 Å². The molecule has 6 heteroatoms. The summed E-state index contributed by atoms with van der Waals surface area (Å²) >= 11 is 0. The zero-order valence-electron chi connectivity index (χ0n) is 12.0. The molecule has 1 aromatic heterocycles. The minimum absolute atomic E-state index is 0.272. The summed E-state index contributed by atoms with van der Waals surface area (Å²) in [5, 5.41) is 3.23. The van der Waals surface area contributed by atoms with E-state index in [1.165, 1.54) is 18.4 Å². The van der Waals surface area contributed by atoms with Gasteiger partial charge in [0.05, 0.1) is 11.1 Å². The van der Waals surface area contributed by atoms with Crippen molar-refractivity contribution in [3.05, 3.63) is 48.3 Å². The third-order valence-electron chi connectivity index (χ3n) is 2.92. The molecule has 0 fully saturated rings. The minimum atomic E-state index is -3.19. The molecule has 0 bridgehead atoms. The zero-order chi connectivity index (χ0) is 15.3. The second-order valence-electron chi connectivity index (χ2n) is 4.61. The Morgan fingerprint density at radius 2 is 1.90 bits per heavy atom. The van der Waals surface area contributed by atoms with Gasteiger partial charge in [0.2, 0.25) is 0 Å². The van der Waals surface area contributed by atoms with Crippen LogP contribution in [0.1, 0.15) is 12.5 Å². The van der Waals surface area contributed by atoms with Crippen molar-refractivity contribution >= 4 is 9.84 Å². The van der Waals surface area contributed by atoms with Gasteiger partial charge < -0.3 is 10.1 Å². The van der Waals surface area contributed by atoms with Gasteiger partial charge in [-0.2, -0.15) is 0 Å². The van der Waals surface area contributed by atoms with Gasteiger partial charge in [0, 0.05) is 24.6 Å². The maximum absolute atomic E-state index is 11.4. The molecule has 0 aliphatic carbocycles. The number of benzene rings is 1. The number of ether oxygens (including phenoxy) is 1. The maximum Gasteiger partial charge on any atom is 0.175 e. The number of nitrogens with one attached hydrogen (secondary N) is 1. The van der Waals surface area contributed by atoms with Gasteiger partial charge in [0.25, 0.3) is 0 Å². The lowest BCUT2D eigenvalue weighted by molar-refractivity contribution is 0.470. The fourth-order valence-corrected chi connectivity index (χ4v) is 2.42. The van der Waals surface area contributed by atoms with Crippen LogP contribution in [0, 0.1) is 0 Å². The summed E-state index contributed by atoms with van der Waals surface area (Å²) in [7, 11) is -3.19. The Labute approximate surface area is 124 Å². The molecule has 0 saturated carbocycles. The summed E-state index contributed by atoms with van der Waals surface area (Å²) in [5.41, 5.74) is 0.999. The molecule has 0 radical (unpaired) electrons. The quantitative estimate of drug-likeness (QED) is 0.887. The molecule has 0 aliphatic rings. The van der Waals surface area contributed by atoms with Gasteiger partial charge in [0.1, 0.15) is 11.5 Å². The van der Waals surface area contributed by atoms with Crippen molar-refractivity contribution in [2.75, 3.05) is 12.8 Å². The molecule has 0 atom stereocenters. The maximum atomic E-state index is 11.4. The molecule has 1 N–H and O–H groups in total. The molecular weight excluding hydrogens is 288 g/mol. The summed E-state index contributed by atoms with van der Waals surface area (Å²) in [4.78, 5) is 4.33. The second kappa shape index (κ2) is 6.69. The van der Waals surface area contributed by atoms with Crippen molar-refractivity contribution in [1.82, 2.24) is 10.3 Å². The van der Waals surface area contributed by atoms with E-state index in [0.29, 0.717) is 18.0 Å². The van der Waals surface area contributed by atoms with E-state index in [0.717, 1.165) is 12.1 Å². The third kappa shape index (κ3) is 4.27. The van der Waals surface area contributed by atoms with E-state index in [1.807, 2.05) is 13.0 Å². The highest BCUT2D eigenvalue weighted by Crippen LogP contribution is 2.25. The molecule has 0 unspecified atom stereocenters. The topological polar surface area (TPSA) is 68.3 Å². The van der Waals surface area contributed by atoms with E-state index in [1.54, 1.807) is 24.5 Å². The molecule has 2 rings (SSSR count). The highest BCUT2D eigenvalue weighted by molar-refractivity contribution is 7.90. The molecule has 1 aromatic carbocycles. The fourth-order valence-electron chi connectivity index (χ4n) is 1.79. The summed E-state index contributed by atoms with van der Waals surface area (Å²) in [6, 6.07) is 8.24. The fraction of sp³-hybridized carbons (Fsp3) is 0.267. The predicted octanol–water partition coefficient (Wildman–Crippen LogP) is 2.39. The van der Waals surface area contributed by atoms with Crippen LogP contribution in [0.2, 0.25) is 0 Å². The molecule has 0 saturated heterocycles. The van der Waals surface area contributed by atoms with Crippen LogP contribution in [-0.2, 0) is 16.4 Å². The second-order valence-corrected chi connectivity index (χ2v) is 6.63. The smallest absolute Gasteiger partial charge is 0.175 e. The highest BCUT2D eigenvalue weighted by atomic mass is 32.2. The van der Waals surface area contributed by atoms with Crippen LogP contribution in [0.25, 0.3) is 0 Å². The monoisotopic (exact) mass is 306 g/mol. The lowest BCUT2D eigenvalue weighted by Crippen LogP contribution is -2.12. The first kappa shape index (κ1) is 15.5. The Kier molecular flexibility index (Phi) is 4.93. The number of sulfone groups is 1. The summed E-state index contributed by atoms with van der Waals surface area (Å²) in [6.45, 7) is 3.59. The number of aromatic nitrogens is 1. The molecular formula is C15H18N2O3S. The van der Waals surface area contributed by atoms with E-state index in [9.17, 15) is 8.42 Å². The summed E-state index contributed by atoms with van der Waals surface area (Å²) < 4.78 is 28.6. The van der Waals surface area contributed by atoms with E-state index >= 15 is 0 Å². The van der Waals surface area contributed by atoms with E-state index in [-0.39, 0.29) is 4.90 Å². The largest absolute Gasteiger partial charge is 0.455 e. The van der Waals surface area contributed by atoms with Crippen molar-refractivity contribution in [3.63, 3.8) is 0 Å². The van der Waals surface area contributed by atoms with Gasteiger partial charge in [-0.3, -0.25) is 4.98 Å². The van der Waals surface area contributed by atoms with Crippen LogP contribution < -0.4 is 10.1 Å². The van der Waals surface area contributed by atoms with Gasteiger partial charge in [-0.1, -0.05) is 6.92 Å². The Morgan fingerprint density at radius 1 is 1.19 bits per heavy atom. The molecule has 2 aromatic rings. The summed E-state index contributed by atoms with van der Waals surface area (Å²) in [6.07, 6.45) is 4.54. The number of hydrogen-bond acceptors (Lipinski definition) is 5. The Hall–Kier alpha value is -1.92. The molecule has 5 nitrogen and oxygen atoms in total. The van der Waals surface area contributed by atoms with Gasteiger partial charge >= 0.3 is 0 Å². The SMILES string of the molecule is CCNCc1ccncc1Oc1ccc(S(C)(=O)=O)cc1. The first-order valence-corrected chi connectivity index (χ1v) is 8.51. The van der Waals surface area contributed by atoms with Gasteiger partial charge in [-0.05, 0) is 36.9 Å². The lowest BCUT2D eigenvalue weighted by atomic mass is 10.2. The Balaban J connectivity index is 2.18. The van der Waals surface area contributed by atoms with Gasteiger partial charge in [-0.25, -0.2) is 8.42 Å². The molecule has 0 spiro atoms. The number of hydrogen-bond donors (Lipinski definition) is 1. The number of pyridine rings is 1. The van der Waals surface area contributed by atoms with Crippen LogP contribution in [0.5, 0.6) is 11.5 Å². The van der Waals surface area contributed by atoms with Gasteiger partial charge in [-0.15, -0.1) is 0 Å². The van der Waals surface area contributed by atoms with Crippen molar-refractivity contribution in [2.24, 2.45) is 0 Å². The predicted molar refractivity (Wildman–Crippen MR) is 81.2 cm³/mol. The van der Waals surface area contributed by atoms with Crippen molar-refractivity contribution in [2.45, 2.75) is 18.4 Å². The van der Waals surface area contributed by atoms with Crippen LogP contribution in [0.15, 0.2) is 47.6 Å². The summed E-state index contributed by atoms with van der Waals surface area (Å²) in [5.74, 6) is 1.23. The molecule has 112 valence electrons. The first-order chi connectivity index (χ1) is 10.0. The normalized spacial score (nSPS) is 11.3. The Bertz CT molecular complexity index is 697. The van der Waals surface area contributed by atoms with Gasteiger partial charge in [0.15, 0.2) is 9.84 Å². The van der Waals surface area contributed by atoms with E-state index in [2.05, 4.69) is 10.3 Å². The van der Waals surface area contributed by atoms with Crippen LogP contribution >= 0.6 is 0 Å². The third-order valence-corrected chi connectivity index (χ3v) is 4.04. The number of nitrogens with zero attached hydrogens (tertiary/aromatic N) is 1. The molecule has 0 amide bonds.